The molecular formula is C11H22N2O2. The maximum atomic E-state index is 10.6. The van der Waals surface area contributed by atoms with Crippen LogP contribution in [0.25, 0.3) is 0 Å². The van der Waals surface area contributed by atoms with Crippen molar-refractivity contribution in [1.82, 2.24) is 9.80 Å². The predicted molar refractivity (Wildman–Crippen MR) is 60.0 cm³/mol. The second-order valence-corrected chi connectivity index (χ2v) is 4.35. The summed E-state index contributed by atoms with van der Waals surface area (Å²) in [7, 11) is 2.14. The number of aliphatic carboxylic acids is 1. The average Bonchev–Trinajstić information content (AvgIpc) is 2.19. The zero-order valence-corrected chi connectivity index (χ0v) is 9.78. The summed E-state index contributed by atoms with van der Waals surface area (Å²) in [5, 5.41) is 8.76. The molecule has 0 aromatic carbocycles. The van der Waals surface area contributed by atoms with Gasteiger partial charge in [0.05, 0.1) is 6.54 Å². The van der Waals surface area contributed by atoms with Gasteiger partial charge in [-0.05, 0) is 33.0 Å². The van der Waals surface area contributed by atoms with E-state index in [2.05, 4.69) is 11.9 Å². The molecule has 1 aliphatic heterocycles. The summed E-state index contributed by atoms with van der Waals surface area (Å²) in [6, 6.07) is 0.540. The van der Waals surface area contributed by atoms with Crippen LogP contribution in [0.2, 0.25) is 0 Å². The van der Waals surface area contributed by atoms with Crippen molar-refractivity contribution < 1.29 is 9.90 Å². The monoisotopic (exact) mass is 214 g/mol. The van der Waals surface area contributed by atoms with Gasteiger partial charge in [-0.15, -0.1) is 0 Å². The van der Waals surface area contributed by atoms with Crippen molar-refractivity contribution in [2.45, 2.75) is 32.2 Å². The fourth-order valence-corrected chi connectivity index (χ4v) is 2.17. The van der Waals surface area contributed by atoms with Crippen LogP contribution in [0.4, 0.5) is 0 Å². The van der Waals surface area contributed by atoms with E-state index < -0.39 is 5.97 Å². The summed E-state index contributed by atoms with van der Waals surface area (Å²) in [6.07, 6.45) is 3.75. The summed E-state index contributed by atoms with van der Waals surface area (Å²) < 4.78 is 0. The van der Waals surface area contributed by atoms with Crippen molar-refractivity contribution in [3.8, 4) is 0 Å². The van der Waals surface area contributed by atoms with Gasteiger partial charge in [0, 0.05) is 12.6 Å². The van der Waals surface area contributed by atoms with Crippen LogP contribution in [0.5, 0.6) is 0 Å². The van der Waals surface area contributed by atoms with E-state index in [0.717, 1.165) is 19.6 Å². The molecule has 4 heteroatoms. The minimum Gasteiger partial charge on any atom is -0.480 e. The lowest BCUT2D eigenvalue weighted by atomic mass is 10.0. The van der Waals surface area contributed by atoms with E-state index in [1.165, 1.54) is 19.3 Å². The Morgan fingerprint density at radius 3 is 2.80 bits per heavy atom. The van der Waals surface area contributed by atoms with E-state index in [9.17, 15) is 4.79 Å². The molecule has 0 aromatic heterocycles. The zero-order valence-electron chi connectivity index (χ0n) is 9.78. The number of rotatable bonds is 5. The lowest BCUT2D eigenvalue weighted by Crippen LogP contribution is -2.45. The fourth-order valence-electron chi connectivity index (χ4n) is 2.17. The molecule has 0 spiro atoms. The van der Waals surface area contributed by atoms with E-state index in [-0.39, 0.29) is 6.54 Å². The van der Waals surface area contributed by atoms with Gasteiger partial charge in [0.1, 0.15) is 0 Å². The van der Waals surface area contributed by atoms with Crippen LogP contribution in [0, 0.1) is 0 Å². The molecule has 1 N–H and O–H groups in total. The fraction of sp³-hybridized carbons (Fsp3) is 0.909. The Kier molecular flexibility index (Phi) is 5.05. The standard InChI is InChI=1S/C11H22N2O2/c1-3-13(9-11(14)15)8-10-6-4-5-7-12(10)2/h10H,3-9H2,1-2H3,(H,14,15)/t10-/m0/s1. The first-order valence-electron chi connectivity index (χ1n) is 5.78. The molecule has 1 rings (SSSR count). The Balaban J connectivity index is 2.38. The minimum atomic E-state index is -0.727. The van der Waals surface area contributed by atoms with Gasteiger partial charge < -0.3 is 10.0 Å². The molecule has 15 heavy (non-hydrogen) atoms. The van der Waals surface area contributed by atoms with E-state index in [4.69, 9.17) is 5.11 Å². The highest BCUT2D eigenvalue weighted by molar-refractivity contribution is 5.69. The molecule has 0 saturated carbocycles. The lowest BCUT2D eigenvalue weighted by molar-refractivity contribution is -0.138. The molecule has 88 valence electrons. The van der Waals surface area contributed by atoms with Crippen molar-refractivity contribution in [1.29, 1.82) is 0 Å². The Morgan fingerprint density at radius 2 is 2.27 bits per heavy atom. The molecule has 0 radical (unpaired) electrons. The molecule has 0 unspecified atom stereocenters. The first-order valence-corrected chi connectivity index (χ1v) is 5.78. The van der Waals surface area contributed by atoms with Crippen molar-refractivity contribution in [3.05, 3.63) is 0 Å². The number of hydrogen-bond donors (Lipinski definition) is 1. The van der Waals surface area contributed by atoms with Gasteiger partial charge in [0.2, 0.25) is 0 Å². The van der Waals surface area contributed by atoms with Crippen LogP contribution in [0.15, 0.2) is 0 Å². The predicted octanol–water partition coefficient (Wildman–Crippen LogP) is 0.877. The van der Waals surface area contributed by atoms with Crippen molar-refractivity contribution in [3.63, 3.8) is 0 Å². The number of hydrogen-bond acceptors (Lipinski definition) is 3. The molecule has 0 bridgehead atoms. The second-order valence-electron chi connectivity index (χ2n) is 4.35. The number of carbonyl (C=O) groups is 1. The van der Waals surface area contributed by atoms with Gasteiger partial charge in [0.15, 0.2) is 0 Å². The summed E-state index contributed by atoms with van der Waals surface area (Å²) in [5.74, 6) is -0.727. The smallest absolute Gasteiger partial charge is 0.317 e. The topological polar surface area (TPSA) is 43.8 Å². The number of nitrogens with zero attached hydrogens (tertiary/aromatic N) is 2. The number of likely N-dealkylation sites (tertiary alicyclic amines) is 1. The zero-order chi connectivity index (χ0) is 11.3. The maximum absolute atomic E-state index is 10.6. The third kappa shape index (κ3) is 4.18. The van der Waals surface area contributed by atoms with Gasteiger partial charge in [-0.2, -0.15) is 0 Å². The molecule has 0 amide bonds. The third-order valence-electron chi connectivity index (χ3n) is 3.20. The third-order valence-corrected chi connectivity index (χ3v) is 3.20. The normalized spacial score (nSPS) is 23.3. The van der Waals surface area contributed by atoms with Crippen molar-refractivity contribution in [2.24, 2.45) is 0 Å². The van der Waals surface area contributed by atoms with Gasteiger partial charge in [0.25, 0.3) is 0 Å². The summed E-state index contributed by atoms with van der Waals surface area (Å²) in [5.41, 5.74) is 0. The van der Waals surface area contributed by atoms with Crippen LogP contribution in [-0.2, 0) is 4.79 Å². The molecule has 1 aliphatic rings. The average molecular weight is 214 g/mol. The van der Waals surface area contributed by atoms with E-state index in [1.54, 1.807) is 0 Å². The van der Waals surface area contributed by atoms with Gasteiger partial charge in [-0.3, -0.25) is 9.69 Å². The quantitative estimate of drug-likeness (QED) is 0.738. The van der Waals surface area contributed by atoms with Crippen LogP contribution in [-0.4, -0.2) is 60.1 Å². The van der Waals surface area contributed by atoms with E-state index >= 15 is 0 Å². The van der Waals surface area contributed by atoms with Crippen molar-refractivity contribution in [2.75, 3.05) is 33.2 Å². The van der Waals surface area contributed by atoms with Crippen LogP contribution in [0.3, 0.4) is 0 Å². The Labute approximate surface area is 91.9 Å². The number of carboxylic acid groups (broad SMARTS) is 1. The van der Waals surface area contributed by atoms with E-state index in [1.807, 2.05) is 11.8 Å². The van der Waals surface area contributed by atoms with Crippen LogP contribution < -0.4 is 0 Å². The van der Waals surface area contributed by atoms with Crippen LogP contribution in [0.1, 0.15) is 26.2 Å². The highest BCUT2D eigenvalue weighted by Crippen LogP contribution is 2.15. The Hall–Kier alpha value is -0.610. The summed E-state index contributed by atoms with van der Waals surface area (Å²) in [6.45, 7) is 5.04. The highest BCUT2D eigenvalue weighted by atomic mass is 16.4. The first-order chi connectivity index (χ1) is 7.13. The number of piperidine rings is 1. The molecule has 1 atom stereocenters. The molecular weight excluding hydrogens is 192 g/mol. The van der Waals surface area contributed by atoms with Gasteiger partial charge in [-0.25, -0.2) is 0 Å². The molecule has 1 fully saturated rings. The first kappa shape index (κ1) is 12.5. The van der Waals surface area contributed by atoms with Gasteiger partial charge in [-0.1, -0.05) is 13.3 Å². The largest absolute Gasteiger partial charge is 0.480 e. The molecule has 0 aliphatic carbocycles. The minimum absolute atomic E-state index is 0.167. The lowest BCUT2D eigenvalue weighted by Gasteiger charge is -2.35. The summed E-state index contributed by atoms with van der Waals surface area (Å²) >= 11 is 0. The Morgan fingerprint density at radius 1 is 1.53 bits per heavy atom. The molecule has 0 aromatic rings. The highest BCUT2D eigenvalue weighted by Gasteiger charge is 2.21. The Bertz CT molecular complexity index is 209. The SMILES string of the molecule is CCN(CC(=O)O)C[C@@H]1CCCCN1C. The number of likely N-dealkylation sites (N-methyl/N-ethyl adjacent to an activating group) is 2. The van der Waals surface area contributed by atoms with Crippen molar-refractivity contribution >= 4 is 5.97 Å². The molecule has 1 saturated heterocycles. The molecule has 1 heterocycles. The number of carboxylic acids is 1. The maximum Gasteiger partial charge on any atom is 0.317 e. The second kappa shape index (κ2) is 6.08. The summed E-state index contributed by atoms with van der Waals surface area (Å²) in [4.78, 5) is 15.0. The van der Waals surface area contributed by atoms with Crippen LogP contribution >= 0.6 is 0 Å². The van der Waals surface area contributed by atoms with Gasteiger partial charge >= 0.3 is 5.97 Å². The molecule has 4 nitrogen and oxygen atoms in total. The van der Waals surface area contributed by atoms with E-state index in [0.29, 0.717) is 6.04 Å².